The van der Waals surface area contributed by atoms with Gasteiger partial charge in [-0.05, 0) is 48.7 Å². The normalized spacial score (nSPS) is 21.1. The number of rotatable bonds is 4. The Kier molecular flexibility index (Phi) is 8.32. The summed E-state index contributed by atoms with van der Waals surface area (Å²) in [5, 5.41) is 0. The molecule has 0 saturated carbocycles. The summed E-state index contributed by atoms with van der Waals surface area (Å²) in [6.45, 7) is 2.94. The molecule has 0 N–H and O–H groups in total. The number of urea groups is 1. The highest BCUT2D eigenvalue weighted by atomic mass is 19.4. The summed E-state index contributed by atoms with van der Waals surface area (Å²) in [6.07, 6.45) is -9.15. The van der Waals surface area contributed by atoms with Crippen molar-refractivity contribution in [2.75, 3.05) is 45.3 Å². The van der Waals surface area contributed by atoms with Gasteiger partial charge in [-0.1, -0.05) is 19.1 Å². The Hall–Kier alpha value is -3.35. The van der Waals surface area contributed by atoms with Gasteiger partial charge in [0.1, 0.15) is 5.82 Å². The largest absolute Gasteiger partial charge is 0.416 e. The number of likely N-dealkylation sites (tertiary alicyclic amines) is 1. The van der Waals surface area contributed by atoms with Crippen LogP contribution in [-0.4, -0.2) is 68.2 Å². The molecule has 6 nitrogen and oxygen atoms in total. The van der Waals surface area contributed by atoms with Gasteiger partial charge in [0.05, 0.1) is 22.6 Å². The first-order chi connectivity index (χ1) is 19.0. The summed E-state index contributed by atoms with van der Waals surface area (Å²) in [6, 6.07) is 4.93. The highest BCUT2D eigenvalue weighted by Gasteiger charge is 2.46. The predicted octanol–water partition coefficient (Wildman–Crippen LogP) is 6.16. The van der Waals surface area contributed by atoms with Crippen LogP contribution in [-0.2, 0) is 21.9 Å². The third-order valence-corrected chi connectivity index (χ3v) is 8.03. The van der Waals surface area contributed by atoms with Crippen LogP contribution in [0.3, 0.4) is 0 Å². The van der Waals surface area contributed by atoms with Crippen LogP contribution in [0, 0.1) is 11.2 Å². The number of nitrogens with zero attached hydrogens (tertiary/aromatic N) is 3. The smallest absolute Gasteiger partial charge is 0.381 e. The van der Waals surface area contributed by atoms with Crippen molar-refractivity contribution in [2.45, 2.75) is 44.1 Å². The first-order valence-electron chi connectivity index (χ1n) is 12.9. The molecule has 4 rings (SSSR count). The highest BCUT2D eigenvalue weighted by Crippen LogP contribution is 2.40. The van der Waals surface area contributed by atoms with Gasteiger partial charge in [0.15, 0.2) is 0 Å². The van der Waals surface area contributed by atoms with Gasteiger partial charge in [-0.2, -0.15) is 26.3 Å². The lowest BCUT2D eigenvalue weighted by atomic mass is 9.81. The molecular formula is C28H30F7N3O3. The number of ether oxygens (including phenoxy) is 1. The van der Waals surface area contributed by atoms with Crippen molar-refractivity contribution in [3.8, 4) is 0 Å². The Morgan fingerprint density at radius 3 is 1.95 bits per heavy atom. The van der Waals surface area contributed by atoms with Gasteiger partial charge in [-0.3, -0.25) is 9.69 Å². The van der Waals surface area contributed by atoms with Gasteiger partial charge in [0, 0.05) is 52.0 Å². The fourth-order valence-electron chi connectivity index (χ4n) is 5.42. The number of hydrogen-bond donors (Lipinski definition) is 0. The molecule has 2 heterocycles. The third-order valence-electron chi connectivity index (χ3n) is 8.03. The quantitative estimate of drug-likeness (QED) is 0.402. The summed E-state index contributed by atoms with van der Waals surface area (Å²) in [5.41, 5.74) is -3.74. The number of halogens is 7. The molecule has 2 aromatic rings. The fourth-order valence-corrected chi connectivity index (χ4v) is 5.42. The van der Waals surface area contributed by atoms with Crippen LogP contribution in [0.4, 0.5) is 41.2 Å². The van der Waals surface area contributed by atoms with E-state index in [4.69, 9.17) is 4.74 Å². The van der Waals surface area contributed by atoms with E-state index >= 15 is 0 Å². The molecule has 2 atom stereocenters. The SMILES string of the molecule is CN(C(=O)N(C)[C@@H]1CN(C(=O)C2(C)CCOCC2)C[C@H]1c1ccc(F)cc1)c1cc(C(F)(F)F)cc(C(F)(F)F)c1. The van der Waals surface area contributed by atoms with E-state index in [0.717, 1.165) is 11.9 Å². The zero-order valence-electron chi connectivity index (χ0n) is 22.7. The number of benzene rings is 2. The maximum atomic E-state index is 13.7. The second-order valence-corrected chi connectivity index (χ2v) is 10.8. The van der Waals surface area contributed by atoms with Crippen LogP contribution in [0.25, 0.3) is 0 Å². The van der Waals surface area contributed by atoms with Gasteiger partial charge in [0.25, 0.3) is 0 Å². The summed E-state index contributed by atoms with van der Waals surface area (Å²) in [4.78, 5) is 30.7. The molecule has 3 amide bonds. The van der Waals surface area contributed by atoms with Crippen LogP contribution in [0.1, 0.15) is 42.4 Å². The van der Waals surface area contributed by atoms with E-state index in [1.807, 2.05) is 6.92 Å². The first kappa shape index (κ1) is 30.6. The first-order valence-corrected chi connectivity index (χ1v) is 12.9. The molecule has 0 bridgehead atoms. The Morgan fingerprint density at radius 1 is 0.902 bits per heavy atom. The van der Waals surface area contributed by atoms with Crippen LogP contribution in [0.2, 0.25) is 0 Å². The van der Waals surface area contributed by atoms with Crippen LogP contribution >= 0.6 is 0 Å². The van der Waals surface area contributed by atoms with Gasteiger partial charge in [-0.15, -0.1) is 0 Å². The van der Waals surface area contributed by atoms with E-state index in [1.54, 1.807) is 4.90 Å². The van der Waals surface area contributed by atoms with Crippen LogP contribution in [0.15, 0.2) is 42.5 Å². The van der Waals surface area contributed by atoms with Crippen LogP contribution < -0.4 is 4.90 Å². The molecule has 0 spiro atoms. The second-order valence-electron chi connectivity index (χ2n) is 10.8. The summed E-state index contributed by atoms with van der Waals surface area (Å²) < 4.78 is 99.6. The lowest BCUT2D eigenvalue weighted by Crippen LogP contribution is -2.49. The van der Waals surface area contributed by atoms with Crippen LogP contribution in [0.5, 0.6) is 0 Å². The average molecular weight is 590 g/mol. The number of likely N-dealkylation sites (N-methyl/N-ethyl adjacent to an activating group) is 1. The van der Waals surface area contributed by atoms with E-state index < -0.39 is 58.4 Å². The Morgan fingerprint density at radius 2 is 1.44 bits per heavy atom. The molecule has 2 aliphatic rings. The maximum absolute atomic E-state index is 13.7. The van der Waals surface area contributed by atoms with Crippen molar-refractivity contribution in [1.82, 2.24) is 9.80 Å². The molecule has 0 unspecified atom stereocenters. The summed E-state index contributed by atoms with van der Waals surface area (Å²) in [7, 11) is 2.46. The minimum absolute atomic E-state index is 0.00651. The molecular weight excluding hydrogens is 559 g/mol. The zero-order valence-corrected chi connectivity index (χ0v) is 22.7. The lowest BCUT2D eigenvalue weighted by Gasteiger charge is -2.36. The van der Waals surface area contributed by atoms with Crippen molar-refractivity contribution >= 4 is 17.6 Å². The molecule has 0 aliphatic carbocycles. The number of carbonyl (C=O) groups is 2. The van der Waals surface area contributed by atoms with Gasteiger partial charge < -0.3 is 14.5 Å². The molecule has 2 saturated heterocycles. The Labute approximate surface area is 232 Å². The molecule has 41 heavy (non-hydrogen) atoms. The minimum atomic E-state index is -5.08. The topological polar surface area (TPSA) is 53.1 Å². The van der Waals surface area contributed by atoms with E-state index in [0.29, 0.717) is 43.8 Å². The summed E-state index contributed by atoms with van der Waals surface area (Å²) in [5.74, 6) is -1.12. The van der Waals surface area contributed by atoms with Crippen molar-refractivity contribution in [1.29, 1.82) is 0 Å². The molecule has 2 aliphatic heterocycles. The van der Waals surface area contributed by atoms with Crippen molar-refractivity contribution in [3.63, 3.8) is 0 Å². The highest BCUT2D eigenvalue weighted by molar-refractivity contribution is 5.92. The number of hydrogen-bond acceptors (Lipinski definition) is 3. The predicted molar refractivity (Wildman–Crippen MR) is 136 cm³/mol. The van der Waals surface area contributed by atoms with Crippen molar-refractivity contribution in [3.05, 3.63) is 65.0 Å². The van der Waals surface area contributed by atoms with E-state index in [2.05, 4.69) is 0 Å². The number of anilines is 1. The zero-order chi connectivity index (χ0) is 30.3. The van der Waals surface area contributed by atoms with Gasteiger partial charge in [-0.25, -0.2) is 9.18 Å². The molecule has 0 aromatic heterocycles. The monoisotopic (exact) mass is 589 g/mol. The van der Waals surface area contributed by atoms with E-state index in [9.17, 15) is 40.3 Å². The van der Waals surface area contributed by atoms with E-state index in [1.165, 1.54) is 36.2 Å². The van der Waals surface area contributed by atoms with Crippen molar-refractivity contribution < 1.29 is 45.1 Å². The standard InChI is InChI=1S/C28H30F7N3O3/c1-26(8-10-41-11-9-26)24(39)38-15-22(17-4-6-20(29)7-5-17)23(16-38)37(3)25(40)36(2)21-13-18(27(30,31)32)12-19(14-21)28(33,34)35/h4-7,12-14,22-23H,8-11,15-16H2,1-3H3/t22-,23+/m0/s1. The lowest BCUT2D eigenvalue weighted by molar-refractivity contribution is -0.145. The molecule has 2 fully saturated rings. The molecule has 13 heteroatoms. The van der Waals surface area contributed by atoms with Gasteiger partial charge in [0.2, 0.25) is 5.91 Å². The maximum Gasteiger partial charge on any atom is 0.416 e. The molecule has 2 aromatic carbocycles. The molecule has 224 valence electrons. The number of amides is 3. The Balaban J connectivity index is 1.65. The van der Waals surface area contributed by atoms with Crippen molar-refractivity contribution in [2.24, 2.45) is 5.41 Å². The second kappa shape index (κ2) is 11.1. The Bertz CT molecular complexity index is 1240. The number of carbonyl (C=O) groups excluding carboxylic acids is 2. The fraction of sp³-hybridized carbons (Fsp3) is 0.500. The third kappa shape index (κ3) is 6.44. The van der Waals surface area contributed by atoms with Gasteiger partial charge >= 0.3 is 18.4 Å². The molecule has 0 radical (unpaired) electrons. The average Bonchev–Trinajstić information content (AvgIpc) is 3.36. The summed E-state index contributed by atoms with van der Waals surface area (Å²) >= 11 is 0. The van der Waals surface area contributed by atoms with E-state index in [-0.39, 0.29) is 25.1 Å². The number of alkyl halides is 6. The minimum Gasteiger partial charge on any atom is -0.381 e.